The lowest BCUT2D eigenvalue weighted by atomic mass is 9.92. The van der Waals surface area contributed by atoms with E-state index < -0.39 is 0 Å². The summed E-state index contributed by atoms with van der Waals surface area (Å²) in [6.07, 6.45) is 16.8. The van der Waals surface area contributed by atoms with Crippen molar-refractivity contribution in [2.45, 2.75) is 90.9 Å². The molecule has 0 amide bonds. The number of unbranched alkanes of at least 4 members (excludes halogenated alkanes) is 7. The van der Waals surface area contributed by atoms with Gasteiger partial charge in [0, 0.05) is 0 Å². The van der Waals surface area contributed by atoms with Gasteiger partial charge in [0.2, 0.25) is 0 Å². The molecule has 0 bridgehead atoms. The van der Waals surface area contributed by atoms with E-state index in [1.165, 1.54) is 70.6 Å². The maximum absolute atomic E-state index is 3.89. The average Bonchev–Trinajstić information content (AvgIpc) is 2.31. The molecule has 0 nitrogen and oxygen atoms in total. The minimum atomic E-state index is 1.01. The fraction of sp³-hybridized carbons (Fsp3) is 0.938. The Balaban J connectivity index is 3.26. The lowest BCUT2D eigenvalue weighted by molar-refractivity contribution is 0.396. The maximum Gasteiger partial charge on any atom is -0.0417 e. The summed E-state index contributed by atoms with van der Waals surface area (Å²) in [5.41, 5.74) is 0. The third kappa shape index (κ3) is 10.5. The van der Waals surface area contributed by atoms with Crippen molar-refractivity contribution >= 4 is 0 Å². The van der Waals surface area contributed by atoms with Crippen LogP contribution in [0.5, 0.6) is 0 Å². The van der Waals surface area contributed by atoms with Crippen LogP contribution in [0.3, 0.4) is 0 Å². The molecule has 0 spiro atoms. The second kappa shape index (κ2) is 13.1. The third-order valence-corrected chi connectivity index (χ3v) is 3.66. The average molecular weight is 225 g/mol. The molecular formula is C16H33. The van der Waals surface area contributed by atoms with Crippen LogP contribution in [0, 0.1) is 12.8 Å². The second-order valence-electron chi connectivity index (χ2n) is 5.18. The Morgan fingerprint density at radius 2 is 1.31 bits per heavy atom. The zero-order valence-electron chi connectivity index (χ0n) is 11.8. The standard InChI is InChI=1S/C16H33/c1-4-7-9-10-11-13-15-16(6-3)14-12-8-5-2/h16H,1,4-15H2,2-3H3. The van der Waals surface area contributed by atoms with Crippen molar-refractivity contribution in [2.75, 3.05) is 0 Å². The summed E-state index contributed by atoms with van der Waals surface area (Å²) < 4.78 is 0. The van der Waals surface area contributed by atoms with E-state index in [9.17, 15) is 0 Å². The van der Waals surface area contributed by atoms with Crippen molar-refractivity contribution in [1.82, 2.24) is 0 Å². The van der Waals surface area contributed by atoms with Crippen LogP contribution in [-0.2, 0) is 0 Å². The monoisotopic (exact) mass is 225 g/mol. The van der Waals surface area contributed by atoms with Crippen molar-refractivity contribution in [3.63, 3.8) is 0 Å². The minimum Gasteiger partial charge on any atom is -0.0654 e. The first-order chi connectivity index (χ1) is 7.85. The van der Waals surface area contributed by atoms with Gasteiger partial charge in [-0.2, -0.15) is 0 Å². The predicted octanol–water partition coefficient (Wildman–Crippen LogP) is 6.16. The van der Waals surface area contributed by atoms with Gasteiger partial charge in [0.05, 0.1) is 0 Å². The summed E-state index contributed by atoms with van der Waals surface area (Å²) in [4.78, 5) is 0. The van der Waals surface area contributed by atoms with Crippen molar-refractivity contribution in [2.24, 2.45) is 5.92 Å². The van der Waals surface area contributed by atoms with E-state index in [1.807, 2.05) is 0 Å². The Morgan fingerprint density at radius 1 is 0.750 bits per heavy atom. The highest BCUT2D eigenvalue weighted by atomic mass is 14.1. The molecule has 0 aromatic heterocycles. The van der Waals surface area contributed by atoms with Crippen molar-refractivity contribution in [3.05, 3.63) is 6.92 Å². The van der Waals surface area contributed by atoms with Crippen molar-refractivity contribution in [1.29, 1.82) is 0 Å². The molecule has 0 aliphatic heterocycles. The lowest BCUT2D eigenvalue weighted by Gasteiger charge is -2.14. The molecular weight excluding hydrogens is 192 g/mol. The number of rotatable bonds is 12. The molecule has 1 radical (unpaired) electrons. The first-order valence-electron chi connectivity index (χ1n) is 7.64. The van der Waals surface area contributed by atoms with Crippen LogP contribution < -0.4 is 0 Å². The number of hydrogen-bond acceptors (Lipinski definition) is 0. The minimum absolute atomic E-state index is 1.01. The largest absolute Gasteiger partial charge is 0.0654 e. The van der Waals surface area contributed by atoms with Gasteiger partial charge in [-0.25, -0.2) is 0 Å². The quantitative estimate of drug-likeness (QED) is 0.349. The molecule has 1 atom stereocenters. The van der Waals surface area contributed by atoms with Gasteiger partial charge in [0.25, 0.3) is 0 Å². The molecule has 0 aromatic rings. The van der Waals surface area contributed by atoms with Crippen LogP contribution in [-0.4, -0.2) is 0 Å². The number of hydrogen-bond donors (Lipinski definition) is 0. The van der Waals surface area contributed by atoms with E-state index >= 15 is 0 Å². The van der Waals surface area contributed by atoms with Gasteiger partial charge >= 0.3 is 0 Å². The molecule has 0 aromatic carbocycles. The van der Waals surface area contributed by atoms with Crippen LogP contribution in [0.4, 0.5) is 0 Å². The lowest BCUT2D eigenvalue weighted by Crippen LogP contribution is -1.99. The molecule has 1 unspecified atom stereocenters. The van der Waals surface area contributed by atoms with Gasteiger partial charge in [0.1, 0.15) is 0 Å². The summed E-state index contributed by atoms with van der Waals surface area (Å²) in [6.45, 7) is 8.54. The molecule has 0 heterocycles. The summed E-state index contributed by atoms with van der Waals surface area (Å²) in [7, 11) is 0. The van der Waals surface area contributed by atoms with E-state index in [-0.39, 0.29) is 0 Å². The highest BCUT2D eigenvalue weighted by Crippen LogP contribution is 2.20. The summed E-state index contributed by atoms with van der Waals surface area (Å²) in [6, 6.07) is 0. The maximum atomic E-state index is 3.89. The topological polar surface area (TPSA) is 0 Å². The molecule has 0 saturated carbocycles. The second-order valence-corrected chi connectivity index (χ2v) is 5.18. The van der Waals surface area contributed by atoms with Gasteiger partial charge in [-0.05, 0) is 5.92 Å². The zero-order chi connectivity index (χ0) is 12.1. The molecule has 0 heteroatoms. The summed E-state index contributed by atoms with van der Waals surface area (Å²) >= 11 is 0. The summed E-state index contributed by atoms with van der Waals surface area (Å²) in [5, 5.41) is 0. The van der Waals surface area contributed by atoms with Crippen molar-refractivity contribution < 1.29 is 0 Å². The van der Waals surface area contributed by atoms with Crippen LogP contribution in [0.15, 0.2) is 0 Å². The van der Waals surface area contributed by atoms with Gasteiger partial charge in [-0.3, -0.25) is 0 Å². The molecule has 0 rings (SSSR count). The Bertz CT molecular complexity index is 117. The molecule has 16 heavy (non-hydrogen) atoms. The van der Waals surface area contributed by atoms with Gasteiger partial charge < -0.3 is 0 Å². The Kier molecular flexibility index (Phi) is 13.1. The molecule has 97 valence electrons. The van der Waals surface area contributed by atoms with Crippen LogP contribution >= 0.6 is 0 Å². The van der Waals surface area contributed by atoms with Gasteiger partial charge in [-0.15, -0.1) is 0 Å². The van der Waals surface area contributed by atoms with Crippen LogP contribution in [0.1, 0.15) is 90.9 Å². The fourth-order valence-electron chi connectivity index (χ4n) is 2.38. The first kappa shape index (κ1) is 16.0. The van der Waals surface area contributed by atoms with Gasteiger partial charge in [-0.1, -0.05) is 97.8 Å². The first-order valence-corrected chi connectivity index (χ1v) is 7.64. The Labute approximate surface area is 104 Å². The zero-order valence-corrected chi connectivity index (χ0v) is 11.8. The Hall–Kier alpha value is 0. The third-order valence-electron chi connectivity index (χ3n) is 3.66. The molecule has 0 saturated heterocycles. The highest BCUT2D eigenvalue weighted by molar-refractivity contribution is 4.58. The van der Waals surface area contributed by atoms with Crippen LogP contribution in [0.2, 0.25) is 0 Å². The molecule has 0 N–H and O–H groups in total. The normalized spacial score (nSPS) is 12.9. The molecule has 0 aliphatic rings. The Morgan fingerprint density at radius 3 is 1.88 bits per heavy atom. The predicted molar refractivity (Wildman–Crippen MR) is 75.6 cm³/mol. The smallest absolute Gasteiger partial charge is 0.0417 e. The van der Waals surface area contributed by atoms with Gasteiger partial charge in [0.15, 0.2) is 0 Å². The van der Waals surface area contributed by atoms with E-state index in [0.717, 1.165) is 12.3 Å². The van der Waals surface area contributed by atoms with E-state index in [4.69, 9.17) is 0 Å². The SMILES string of the molecule is [CH2]CCCCCCCC(CC)CCCCC. The van der Waals surface area contributed by atoms with Crippen molar-refractivity contribution in [3.8, 4) is 0 Å². The summed E-state index contributed by atoms with van der Waals surface area (Å²) in [5.74, 6) is 1.01. The highest BCUT2D eigenvalue weighted by Gasteiger charge is 2.05. The van der Waals surface area contributed by atoms with E-state index in [0.29, 0.717) is 0 Å². The molecule has 0 fully saturated rings. The van der Waals surface area contributed by atoms with E-state index in [1.54, 1.807) is 0 Å². The van der Waals surface area contributed by atoms with E-state index in [2.05, 4.69) is 20.8 Å². The van der Waals surface area contributed by atoms with Crippen LogP contribution in [0.25, 0.3) is 0 Å². The fourth-order valence-corrected chi connectivity index (χ4v) is 2.38. The molecule has 0 aliphatic carbocycles.